The predicted octanol–water partition coefficient (Wildman–Crippen LogP) is 4.69. The molecule has 0 saturated heterocycles. The Morgan fingerprint density at radius 1 is 1.35 bits per heavy atom. The molecule has 1 amide bonds. The Morgan fingerprint density at radius 3 is 2.96 bits per heavy atom. The number of anilines is 1. The number of thiazole rings is 1. The number of halogens is 1. The number of amides is 1. The second kappa shape index (κ2) is 7.21. The van der Waals surface area contributed by atoms with E-state index in [2.05, 4.69) is 10.3 Å². The summed E-state index contributed by atoms with van der Waals surface area (Å²) in [5.74, 6) is 0.720. The summed E-state index contributed by atoms with van der Waals surface area (Å²) in [6, 6.07) is 13.0. The number of aromatic nitrogens is 1. The lowest BCUT2D eigenvalue weighted by molar-refractivity contribution is -0.113. The third kappa shape index (κ3) is 3.96. The Kier molecular flexibility index (Phi) is 5.05. The van der Waals surface area contributed by atoms with Crippen LogP contribution in [-0.2, 0) is 4.79 Å². The summed E-state index contributed by atoms with van der Waals surface area (Å²) in [5.41, 5.74) is 1.52. The van der Waals surface area contributed by atoms with Crippen LogP contribution < -0.4 is 10.1 Å². The van der Waals surface area contributed by atoms with Gasteiger partial charge in [0, 0.05) is 5.02 Å². The van der Waals surface area contributed by atoms with Crippen LogP contribution in [0.15, 0.2) is 46.8 Å². The number of thioether (sulfide) groups is 1. The molecule has 0 aliphatic heterocycles. The number of benzene rings is 2. The van der Waals surface area contributed by atoms with Crippen molar-refractivity contribution < 1.29 is 9.53 Å². The molecule has 0 aliphatic rings. The minimum Gasteiger partial charge on any atom is -0.495 e. The number of rotatable bonds is 5. The van der Waals surface area contributed by atoms with Gasteiger partial charge in [-0.25, -0.2) is 4.98 Å². The molecule has 1 aromatic heterocycles. The van der Waals surface area contributed by atoms with E-state index < -0.39 is 0 Å². The molecule has 0 spiro atoms. The zero-order valence-electron chi connectivity index (χ0n) is 12.2. The van der Waals surface area contributed by atoms with E-state index in [1.54, 1.807) is 36.6 Å². The molecule has 23 heavy (non-hydrogen) atoms. The van der Waals surface area contributed by atoms with Crippen LogP contribution in [0.2, 0.25) is 5.02 Å². The average molecular weight is 365 g/mol. The van der Waals surface area contributed by atoms with Crippen LogP contribution in [0.25, 0.3) is 10.2 Å². The molecule has 3 aromatic rings. The minimum atomic E-state index is -0.130. The molecule has 3 rings (SSSR count). The number of fused-ring (bicyclic) bond motifs is 1. The highest BCUT2D eigenvalue weighted by molar-refractivity contribution is 8.01. The van der Waals surface area contributed by atoms with Gasteiger partial charge in [-0.05, 0) is 30.3 Å². The van der Waals surface area contributed by atoms with Crippen molar-refractivity contribution in [1.82, 2.24) is 4.98 Å². The lowest BCUT2D eigenvalue weighted by atomic mass is 10.3. The highest BCUT2D eigenvalue weighted by Gasteiger charge is 2.11. The van der Waals surface area contributed by atoms with Gasteiger partial charge in [-0.3, -0.25) is 4.79 Å². The van der Waals surface area contributed by atoms with E-state index in [0.717, 1.165) is 14.6 Å². The Bertz CT molecular complexity index is 818. The minimum absolute atomic E-state index is 0.130. The van der Waals surface area contributed by atoms with E-state index in [1.807, 2.05) is 24.3 Å². The maximum atomic E-state index is 12.1. The van der Waals surface area contributed by atoms with Crippen LogP contribution in [0.3, 0.4) is 0 Å². The third-order valence-corrected chi connectivity index (χ3v) is 5.45. The third-order valence-electron chi connectivity index (χ3n) is 3.04. The molecular weight excluding hydrogens is 352 g/mol. The first-order valence-electron chi connectivity index (χ1n) is 6.77. The van der Waals surface area contributed by atoms with Gasteiger partial charge in [-0.2, -0.15) is 0 Å². The number of para-hydroxylation sites is 1. The van der Waals surface area contributed by atoms with Gasteiger partial charge in [-0.1, -0.05) is 35.5 Å². The number of ether oxygens (including phenoxy) is 1. The van der Waals surface area contributed by atoms with Crippen LogP contribution in [0.4, 0.5) is 5.69 Å². The maximum Gasteiger partial charge on any atom is 0.234 e. The molecule has 1 N–H and O–H groups in total. The first-order chi connectivity index (χ1) is 11.2. The summed E-state index contributed by atoms with van der Waals surface area (Å²) < 4.78 is 7.21. The molecule has 4 nitrogen and oxygen atoms in total. The van der Waals surface area contributed by atoms with Gasteiger partial charge in [0.2, 0.25) is 5.91 Å². The van der Waals surface area contributed by atoms with Gasteiger partial charge >= 0.3 is 0 Å². The molecule has 0 unspecified atom stereocenters. The molecule has 1 heterocycles. The van der Waals surface area contributed by atoms with Gasteiger partial charge in [0.15, 0.2) is 4.34 Å². The number of hydrogen-bond acceptors (Lipinski definition) is 5. The highest BCUT2D eigenvalue weighted by Crippen LogP contribution is 2.30. The van der Waals surface area contributed by atoms with Crippen molar-refractivity contribution in [1.29, 1.82) is 0 Å². The Labute approximate surface area is 146 Å². The van der Waals surface area contributed by atoms with Crippen molar-refractivity contribution in [3.8, 4) is 5.75 Å². The highest BCUT2D eigenvalue weighted by atomic mass is 35.5. The van der Waals surface area contributed by atoms with Crippen molar-refractivity contribution in [3.05, 3.63) is 47.5 Å². The normalized spacial score (nSPS) is 10.7. The average Bonchev–Trinajstić information content (AvgIpc) is 2.96. The summed E-state index contributed by atoms with van der Waals surface area (Å²) in [6.07, 6.45) is 0. The van der Waals surface area contributed by atoms with Crippen LogP contribution in [-0.4, -0.2) is 23.8 Å². The fourth-order valence-corrected chi connectivity index (χ4v) is 4.04. The molecule has 0 saturated carbocycles. The van der Waals surface area contributed by atoms with Gasteiger partial charge in [0.25, 0.3) is 0 Å². The Hall–Kier alpha value is -1.76. The van der Waals surface area contributed by atoms with E-state index in [4.69, 9.17) is 16.3 Å². The molecule has 0 aliphatic carbocycles. The molecular formula is C16H13ClN2O2S2. The lowest BCUT2D eigenvalue weighted by Gasteiger charge is -2.10. The molecule has 7 heteroatoms. The summed E-state index contributed by atoms with van der Waals surface area (Å²) in [6.45, 7) is 0. The molecule has 0 fully saturated rings. The zero-order chi connectivity index (χ0) is 16.2. The van der Waals surface area contributed by atoms with Crippen molar-refractivity contribution >= 4 is 56.5 Å². The molecule has 118 valence electrons. The van der Waals surface area contributed by atoms with Crippen LogP contribution in [0, 0.1) is 0 Å². The predicted molar refractivity (Wildman–Crippen MR) is 97.0 cm³/mol. The summed E-state index contributed by atoms with van der Waals surface area (Å²) in [4.78, 5) is 16.6. The Morgan fingerprint density at radius 2 is 2.17 bits per heavy atom. The second-order valence-corrected chi connectivity index (χ2v) is 7.32. The van der Waals surface area contributed by atoms with Crippen molar-refractivity contribution in [2.75, 3.05) is 18.2 Å². The first kappa shape index (κ1) is 16.1. The largest absolute Gasteiger partial charge is 0.495 e. The molecule has 0 atom stereocenters. The van der Waals surface area contributed by atoms with Crippen LogP contribution in [0.5, 0.6) is 5.75 Å². The molecule has 0 radical (unpaired) electrons. The van der Waals surface area contributed by atoms with Gasteiger partial charge in [0.05, 0.1) is 28.8 Å². The van der Waals surface area contributed by atoms with Crippen LogP contribution in [0.1, 0.15) is 0 Å². The smallest absolute Gasteiger partial charge is 0.234 e. The number of hydrogen-bond donors (Lipinski definition) is 1. The van der Waals surface area contributed by atoms with E-state index >= 15 is 0 Å². The molecule has 0 bridgehead atoms. The van der Waals surface area contributed by atoms with Crippen molar-refractivity contribution in [2.24, 2.45) is 0 Å². The van der Waals surface area contributed by atoms with Crippen LogP contribution >= 0.6 is 34.7 Å². The summed E-state index contributed by atoms with van der Waals surface area (Å²) >= 11 is 8.95. The van der Waals surface area contributed by atoms with E-state index in [9.17, 15) is 4.79 Å². The fraction of sp³-hybridized carbons (Fsp3) is 0.125. The monoisotopic (exact) mass is 364 g/mol. The molecule has 2 aromatic carbocycles. The quantitative estimate of drug-likeness (QED) is 0.667. The Balaban J connectivity index is 1.64. The van der Waals surface area contributed by atoms with Crippen molar-refractivity contribution in [2.45, 2.75) is 4.34 Å². The zero-order valence-corrected chi connectivity index (χ0v) is 14.6. The van der Waals surface area contributed by atoms with E-state index in [-0.39, 0.29) is 11.7 Å². The fourth-order valence-electron chi connectivity index (χ4n) is 2.00. The van der Waals surface area contributed by atoms with Gasteiger partial charge < -0.3 is 10.1 Å². The van der Waals surface area contributed by atoms with Crippen molar-refractivity contribution in [3.63, 3.8) is 0 Å². The number of methoxy groups -OCH3 is 1. The van der Waals surface area contributed by atoms with E-state index in [1.165, 1.54) is 11.8 Å². The first-order valence-corrected chi connectivity index (χ1v) is 8.95. The SMILES string of the molecule is COc1ccc(Cl)cc1NC(=O)CSc1nc2ccccc2s1. The summed E-state index contributed by atoms with van der Waals surface area (Å²) in [7, 11) is 1.55. The van der Waals surface area contributed by atoms with Gasteiger partial charge in [0.1, 0.15) is 5.75 Å². The maximum absolute atomic E-state index is 12.1. The number of carbonyl (C=O) groups is 1. The standard InChI is InChI=1S/C16H13ClN2O2S2/c1-21-13-7-6-10(17)8-12(13)18-15(20)9-22-16-19-11-4-2-3-5-14(11)23-16/h2-8H,9H2,1H3,(H,18,20). The number of carbonyl (C=O) groups excluding carboxylic acids is 1. The van der Waals surface area contributed by atoms with E-state index in [0.29, 0.717) is 16.5 Å². The summed E-state index contributed by atoms with van der Waals surface area (Å²) in [5, 5.41) is 3.36. The number of nitrogens with one attached hydrogen (secondary N) is 1. The van der Waals surface area contributed by atoms with Gasteiger partial charge in [-0.15, -0.1) is 11.3 Å². The topological polar surface area (TPSA) is 51.2 Å². The second-order valence-electron chi connectivity index (χ2n) is 4.63. The lowest BCUT2D eigenvalue weighted by Crippen LogP contribution is -2.14. The number of nitrogens with zero attached hydrogens (tertiary/aromatic N) is 1.